The lowest BCUT2D eigenvalue weighted by Gasteiger charge is -2.21. The van der Waals surface area contributed by atoms with Crippen LogP contribution in [0.15, 0.2) is 0 Å². The summed E-state index contributed by atoms with van der Waals surface area (Å²) >= 11 is 0. The zero-order chi connectivity index (χ0) is 12.6. The Hall–Kier alpha value is -0.610. The molecule has 0 radical (unpaired) electrons. The van der Waals surface area contributed by atoms with Crippen molar-refractivity contribution in [1.29, 1.82) is 0 Å². The van der Waals surface area contributed by atoms with Gasteiger partial charge in [-0.05, 0) is 51.0 Å². The van der Waals surface area contributed by atoms with Crippen molar-refractivity contribution in [3.8, 4) is 0 Å². The van der Waals surface area contributed by atoms with Crippen molar-refractivity contribution >= 4 is 5.91 Å². The Bertz CT molecular complexity index is 246. The Labute approximate surface area is 110 Å². The van der Waals surface area contributed by atoms with Gasteiger partial charge in [-0.2, -0.15) is 0 Å². The van der Waals surface area contributed by atoms with E-state index in [0.29, 0.717) is 12.5 Å². The molecule has 2 aliphatic rings. The summed E-state index contributed by atoms with van der Waals surface area (Å²) in [5.41, 5.74) is 0. The smallest absolute Gasteiger partial charge is 0.220 e. The van der Waals surface area contributed by atoms with Crippen LogP contribution < -0.4 is 10.6 Å². The molecule has 2 aliphatic heterocycles. The Morgan fingerprint density at radius 2 is 2.06 bits per heavy atom. The van der Waals surface area contributed by atoms with Gasteiger partial charge in [-0.1, -0.05) is 0 Å². The van der Waals surface area contributed by atoms with Gasteiger partial charge in [0.2, 0.25) is 5.91 Å². The van der Waals surface area contributed by atoms with Crippen LogP contribution in [0.1, 0.15) is 44.9 Å². The maximum Gasteiger partial charge on any atom is 0.220 e. The molecule has 0 spiro atoms. The first kappa shape index (κ1) is 13.8. The molecule has 0 saturated carbocycles. The van der Waals surface area contributed by atoms with Gasteiger partial charge in [0.05, 0.1) is 0 Å². The summed E-state index contributed by atoms with van der Waals surface area (Å²) in [5, 5.41) is 6.47. The van der Waals surface area contributed by atoms with Crippen LogP contribution in [0, 0.1) is 5.92 Å². The minimum atomic E-state index is 0.218. The van der Waals surface area contributed by atoms with Crippen LogP contribution in [0.4, 0.5) is 0 Å². The van der Waals surface area contributed by atoms with Crippen LogP contribution in [0.2, 0.25) is 0 Å². The van der Waals surface area contributed by atoms with Crippen LogP contribution in [0.5, 0.6) is 0 Å². The summed E-state index contributed by atoms with van der Waals surface area (Å²) in [4.78, 5) is 11.7. The molecule has 4 heteroatoms. The topological polar surface area (TPSA) is 50.4 Å². The highest BCUT2D eigenvalue weighted by Crippen LogP contribution is 2.17. The van der Waals surface area contributed by atoms with E-state index in [0.717, 1.165) is 57.9 Å². The highest BCUT2D eigenvalue weighted by molar-refractivity contribution is 5.75. The van der Waals surface area contributed by atoms with E-state index >= 15 is 0 Å². The predicted molar refractivity (Wildman–Crippen MR) is 71.4 cm³/mol. The molecule has 18 heavy (non-hydrogen) atoms. The first-order valence-electron chi connectivity index (χ1n) is 7.42. The Morgan fingerprint density at radius 1 is 1.22 bits per heavy atom. The standard InChI is InChI=1S/C14H26N2O2/c17-14(4-3-13-2-1-8-15-13)16-9-5-12-6-10-18-11-7-12/h12-13,15H,1-11H2,(H,16,17). The number of hydrogen-bond donors (Lipinski definition) is 2. The number of carbonyl (C=O) groups is 1. The van der Waals surface area contributed by atoms with E-state index in [-0.39, 0.29) is 5.91 Å². The second kappa shape index (κ2) is 7.74. The second-order valence-electron chi connectivity index (χ2n) is 5.53. The Kier molecular flexibility index (Phi) is 5.94. The van der Waals surface area contributed by atoms with Crippen LogP contribution in [0.25, 0.3) is 0 Å². The van der Waals surface area contributed by atoms with Gasteiger partial charge >= 0.3 is 0 Å². The van der Waals surface area contributed by atoms with Crippen LogP contribution in [-0.4, -0.2) is 38.3 Å². The van der Waals surface area contributed by atoms with Crippen LogP contribution >= 0.6 is 0 Å². The van der Waals surface area contributed by atoms with E-state index in [4.69, 9.17) is 4.74 Å². The van der Waals surface area contributed by atoms with Gasteiger partial charge in [-0.25, -0.2) is 0 Å². The molecule has 2 heterocycles. The quantitative estimate of drug-likeness (QED) is 0.754. The monoisotopic (exact) mass is 254 g/mol. The lowest BCUT2D eigenvalue weighted by Crippen LogP contribution is -2.29. The molecule has 2 saturated heterocycles. The lowest BCUT2D eigenvalue weighted by molar-refractivity contribution is -0.121. The molecule has 0 bridgehead atoms. The summed E-state index contributed by atoms with van der Waals surface area (Å²) in [7, 11) is 0. The largest absolute Gasteiger partial charge is 0.381 e. The highest BCUT2D eigenvalue weighted by Gasteiger charge is 2.16. The summed E-state index contributed by atoms with van der Waals surface area (Å²) in [6.45, 7) is 3.75. The third kappa shape index (κ3) is 4.94. The van der Waals surface area contributed by atoms with E-state index in [1.54, 1.807) is 0 Å². The fourth-order valence-electron chi connectivity index (χ4n) is 2.85. The summed E-state index contributed by atoms with van der Waals surface area (Å²) in [5.74, 6) is 0.964. The number of amides is 1. The molecule has 1 amide bonds. The molecule has 2 rings (SSSR count). The molecule has 4 nitrogen and oxygen atoms in total. The first-order valence-corrected chi connectivity index (χ1v) is 7.42. The molecule has 2 fully saturated rings. The van der Waals surface area contributed by atoms with Crippen molar-refractivity contribution in [1.82, 2.24) is 10.6 Å². The van der Waals surface area contributed by atoms with E-state index in [1.807, 2.05) is 0 Å². The summed E-state index contributed by atoms with van der Waals surface area (Å²) in [6, 6.07) is 0.575. The van der Waals surface area contributed by atoms with Gasteiger partial charge in [0, 0.05) is 32.2 Å². The number of hydrogen-bond acceptors (Lipinski definition) is 3. The molecule has 1 atom stereocenters. The zero-order valence-corrected chi connectivity index (χ0v) is 11.2. The second-order valence-corrected chi connectivity index (χ2v) is 5.53. The lowest BCUT2D eigenvalue weighted by atomic mass is 9.97. The predicted octanol–water partition coefficient (Wildman–Crippen LogP) is 1.45. The van der Waals surface area contributed by atoms with Crippen LogP contribution in [-0.2, 0) is 9.53 Å². The molecule has 0 aromatic heterocycles. The van der Waals surface area contributed by atoms with Gasteiger partial charge in [0.15, 0.2) is 0 Å². The maximum atomic E-state index is 11.7. The zero-order valence-electron chi connectivity index (χ0n) is 11.2. The number of ether oxygens (including phenoxy) is 1. The van der Waals surface area contributed by atoms with Crippen molar-refractivity contribution in [2.24, 2.45) is 5.92 Å². The Balaban J connectivity index is 1.48. The number of nitrogens with one attached hydrogen (secondary N) is 2. The molecular weight excluding hydrogens is 228 g/mol. The van der Waals surface area contributed by atoms with Crippen molar-refractivity contribution in [3.63, 3.8) is 0 Å². The van der Waals surface area contributed by atoms with Gasteiger partial charge in [0.25, 0.3) is 0 Å². The molecular formula is C14H26N2O2. The van der Waals surface area contributed by atoms with Crippen molar-refractivity contribution in [2.75, 3.05) is 26.3 Å². The highest BCUT2D eigenvalue weighted by atomic mass is 16.5. The molecule has 104 valence electrons. The van der Waals surface area contributed by atoms with Crippen molar-refractivity contribution in [3.05, 3.63) is 0 Å². The van der Waals surface area contributed by atoms with E-state index in [1.165, 1.54) is 12.8 Å². The fraction of sp³-hybridized carbons (Fsp3) is 0.929. The SMILES string of the molecule is O=C(CCC1CCCN1)NCCC1CCOCC1. The minimum absolute atomic E-state index is 0.218. The van der Waals surface area contributed by atoms with E-state index < -0.39 is 0 Å². The maximum absolute atomic E-state index is 11.7. The van der Waals surface area contributed by atoms with E-state index in [2.05, 4.69) is 10.6 Å². The van der Waals surface area contributed by atoms with Gasteiger partial charge < -0.3 is 15.4 Å². The van der Waals surface area contributed by atoms with Crippen LogP contribution in [0.3, 0.4) is 0 Å². The first-order chi connectivity index (χ1) is 8.84. The van der Waals surface area contributed by atoms with Gasteiger partial charge in [0.1, 0.15) is 0 Å². The number of rotatable bonds is 6. The average Bonchev–Trinajstić information content (AvgIpc) is 2.91. The fourth-order valence-corrected chi connectivity index (χ4v) is 2.85. The van der Waals surface area contributed by atoms with E-state index in [9.17, 15) is 4.79 Å². The molecule has 1 unspecified atom stereocenters. The molecule has 2 N–H and O–H groups in total. The van der Waals surface area contributed by atoms with Crippen molar-refractivity contribution in [2.45, 2.75) is 51.0 Å². The number of carbonyl (C=O) groups excluding carboxylic acids is 1. The van der Waals surface area contributed by atoms with Gasteiger partial charge in [-0.15, -0.1) is 0 Å². The molecule has 0 aromatic rings. The van der Waals surface area contributed by atoms with Crippen molar-refractivity contribution < 1.29 is 9.53 Å². The minimum Gasteiger partial charge on any atom is -0.381 e. The molecule has 0 aliphatic carbocycles. The Morgan fingerprint density at radius 3 is 2.78 bits per heavy atom. The average molecular weight is 254 g/mol. The summed E-state index contributed by atoms with van der Waals surface area (Å²) < 4.78 is 5.33. The van der Waals surface area contributed by atoms with Gasteiger partial charge in [-0.3, -0.25) is 4.79 Å². The normalized spacial score (nSPS) is 25.2. The summed E-state index contributed by atoms with van der Waals surface area (Å²) in [6.07, 6.45) is 7.57. The third-order valence-electron chi connectivity index (χ3n) is 4.10. The molecule has 0 aromatic carbocycles. The third-order valence-corrected chi connectivity index (χ3v) is 4.10.